The molecule has 4 N–H and O–H groups in total. The first-order valence-corrected chi connectivity index (χ1v) is 8.31. The topological polar surface area (TPSA) is 90.2 Å². The second-order valence-corrected chi connectivity index (χ2v) is 6.45. The SMILES string of the molecule is Oc1ccc(C2CC(c3ccc(O)cc3O)Oc3cc(O)ccc32)cc1. The van der Waals surface area contributed by atoms with Gasteiger partial charge in [0, 0.05) is 29.2 Å². The van der Waals surface area contributed by atoms with E-state index in [0.717, 1.165) is 11.1 Å². The summed E-state index contributed by atoms with van der Waals surface area (Å²) in [6.45, 7) is 0. The van der Waals surface area contributed by atoms with Crippen LogP contribution >= 0.6 is 0 Å². The van der Waals surface area contributed by atoms with Crippen LogP contribution in [0.25, 0.3) is 0 Å². The fourth-order valence-electron chi connectivity index (χ4n) is 3.47. The molecule has 0 amide bonds. The van der Waals surface area contributed by atoms with Crippen LogP contribution in [0.15, 0.2) is 60.7 Å². The number of benzene rings is 3. The third-order valence-electron chi connectivity index (χ3n) is 4.75. The Hall–Kier alpha value is -3.34. The molecule has 4 rings (SSSR count). The number of rotatable bonds is 2. The molecule has 0 radical (unpaired) electrons. The molecule has 1 aliphatic rings. The average Bonchev–Trinajstić information content (AvgIpc) is 2.61. The molecule has 0 saturated carbocycles. The van der Waals surface area contributed by atoms with Crippen molar-refractivity contribution < 1.29 is 25.2 Å². The van der Waals surface area contributed by atoms with Crippen molar-refractivity contribution in [1.29, 1.82) is 0 Å². The zero-order valence-electron chi connectivity index (χ0n) is 13.8. The van der Waals surface area contributed by atoms with Crippen LogP contribution in [0.1, 0.15) is 35.1 Å². The Morgan fingerprint density at radius 1 is 0.692 bits per heavy atom. The normalized spacial score (nSPS) is 18.8. The minimum Gasteiger partial charge on any atom is -0.508 e. The van der Waals surface area contributed by atoms with Gasteiger partial charge in [0.25, 0.3) is 0 Å². The highest BCUT2D eigenvalue weighted by atomic mass is 16.5. The third-order valence-corrected chi connectivity index (χ3v) is 4.75. The summed E-state index contributed by atoms with van der Waals surface area (Å²) in [6, 6.07) is 16.4. The largest absolute Gasteiger partial charge is 0.508 e. The van der Waals surface area contributed by atoms with E-state index in [1.165, 1.54) is 12.1 Å². The minimum atomic E-state index is -0.441. The minimum absolute atomic E-state index is 0.0183. The molecule has 26 heavy (non-hydrogen) atoms. The molecule has 3 aromatic rings. The molecule has 1 heterocycles. The lowest BCUT2D eigenvalue weighted by molar-refractivity contribution is 0.163. The Bertz CT molecular complexity index is 949. The Morgan fingerprint density at radius 2 is 1.31 bits per heavy atom. The highest BCUT2D eigenvalue weighted by Gasteiger charge is 2.32. The predicted molar refractivity (Wildman–Crippen MR) is 95.8 cm³/mol. The first-order valence-electron chi connectivity index (χ1n) is 8.31. The van der Waals surface area contributed by atoms with Gasteiger partial charge in [-0.3, -0.25) is 0 Å². The van der Waals surface area contributed by atoms with Gasteiger partial charge >= 0.3 is 0 Å². The summed E-state index contributed by atoms with van der Waals surface area (Å²) in [5, 5.41) is 39.1. The van der Waals surface area contributed by atoms with E-state index < -0.39 is 6.10 Å². The molecule has 3 aromatic carbocycles. The maximum atomic E-state index is 10.2. The highest BCUT2D eigenvalue weighted by Crippen LogP contribution is 2.48. The molecule has 0 aliphatic carbocycles. The van der Waals surface area contributed by atoms with Gasteiger partial charge in [-0.1, -0.05) is 18.2 Å². The lowest BCUT2D eigenvalue weighted by Gasteiger charge is -2.33. The molecule has 2 atom stereocenters. The van der Waals surface area contributed by atoms with E-state index in [2.05, 4.69) is 0 Å². The van der Waals surface area contributed by atoms with E-state index >= 15 is 0 Å². The molecule has 0 bridgehead atoms. The van der Waals surface area contributed by atoms with E-state index in [9.17, 15) is 20.4 Å². The van der Waals surface area contributed by atoms with Crippen molar-refractivity contribution in [2.24, 2.45) is 0 Å². The van der Waals surface area contributed by atoms with Crippen molar-refractivity contribution in [2.75, 3.05) is 0 Å². The van der Waals surface area contributed by atoms with E-state index in [1.807, 2.05) is 18.2 Å². The van der Waals surface area contributed by atoms with E-state index in [-0.39, 0.29) is 28.9 Å². The molecule has 2 unspecified atom stereocenters. The molecule has 1 aliphatic heterocycles. The van der Waals surface area contributed by atoms with Gasteiger partial charge in [0.05, 0.1) is 0 Å². The fraction of sp³-hybridized carbons (Fsp3) is 0.143. The van der Waals surface area contributed by atoms with Crippen molar-refractivity contribution in [3.8, 4) is 28.7 Å². The van der Waals surface area contributed by atoms with Gasteiger partial charge in [0.1, 0.15) is 34.9 Å². The van der Waals surface area contributed by atoms with Gasteiger partial charge in [0.15, 0.2) is 0 Å². The Labute approximate surface area is 150 Å². The molecule has 0 fully saturated rings. The summed E-state index contributed by atoms with van der Waals surface area (Å²) in [5.74, 6) is 0.756. The smallest absolute Gasteiger partial charge is 0.128 e. The number of phenols is 4. The molecular weight excluding hydrogens is 332 g/mol. The van der Waals surface area contributed by atoms with Crippen LogP contribution in [0.3, 0.4) is 0 Å². The van der Waals surface area contributed by atoms with E-state index in [0.29, 0.717) is 17.7 Å². The van der Waals surface area contributed by atoms with Crippen molar-refractivity contribution in [3.05, 3.63) is 77.4 Å². The zero-order chi connectivity index (χ0) is 18.3. The van der Waals surface area contributed by atoms with Crippen LogP contribution in [-0.4, -0.2) is 20.4 Å². The van der Waals surface area contributed by atoms with Crippen LogP contribution in [-0.2, 0) is 0 Å². The van der Waals surface area contributed by atoms with Crippen molar-refractivity contribution in [2.45, 2.75) is 18.4 Å². The summed E-state index contributed by atoms with van der Waals surface area (Å²) < 4.78 is 6.04. The van der Waals surface area contributed by atoms with Crippen LogP contribution in [0.2, 0.25) is 0 Å². The molecular formula is C21H18O5. The number of phenolic OH excluding ortho intramolecular Hbond substituents is 4. The van der Waals surface area contributed by atoms with Crippen LogP contribution in [0, 0.1) is 0 Å². The summed E-state index contributed by atoms with van der Waals surface area (Å²) >= 11 is 0. The van der Waals surface area contributed by atoms with E-state index in [4.69, 9.17) is 4.74 Å². The Morgan fingerprint density at radius 3 is 2.00 bits per heavy atom. The summed E-state index contributed by atoms with van der Waals surface area (Å²) in [6.07, 6.45) is 0.129. The van der Waals surface area contributed by atoms with Gasteiger partial charge < -0.3 is 25.2 Å². The van der Waals surface area contributed by atoms with Crippen molar-refractivity contribution in [1.82, 2.24) is 0 Å². The summed E-state index contributed by atoms with van der Waals surface area (Å²) in [7, 11) is 0. The number of hydrogen-bond donors (Lipinski definition) is 4. The highest BCUT2D eigenvalue weighted by molar-refractivity contribution is 5.50. The third kappa shape index (κ3) is 2.88. The second-order valence-electron chi connectivity index (χ2n) is 6.45. The number of ether oxygens (including phenoxy) is 1. The molecule has 0 aromatic heterocycles. The molecule has 132 valence electrons. The monoisotopic (exact) mass is 350 g/mol. The summed E-state index contributed by atoms with van der Waals surface area (Å²) in [5.41, 5.74) is 2.50. The van der Waals surface area contributed by atoms with Gasteiger partial charge in [-0.05, 0) is 42.3 Å². The predicted octanol–water partition coefficient (Wildman–Crippen LogP) is 4.16. The van der Waals surface area contributed by atoms with E-state index in [1.54, 1.807) is 30.3 Å². The quantitative estimate of drug-likeness (QED) is 0.557. The number of hydrogen-bond acceptors (Lipinski definition) is 5. The first-order chi connectivity index (χ1) is 12.5. The summed E-state index contributed by atoms with van der Waals surface area (Å²) in [4.78, 5) is 0. The van der Waals surface area contributed by atoms with Crippen LogP contribution in [0.5, 0.6) is 28.7 Å². The van der Waals surface area contributed by atoms with Crippen LogP contribution < -0.4 is 4.74 Å². The molecule has 0 spiro atoms. The zero-order valence-corrected chi connectivity index (χ0v) is 13.8. The maximum Gasteiger partial charge on any atom is 0.128 e. The molecule has 5 heteroatoms. The lowest BCUT2D eigenvalue weighted by atomic mass is 9.82. The maximum absolute atomic E-state index is 10.2. The lowest BCUT2D eigenvalue weighted by Crippen LogP contribution is -2.20. The standard InChI is InChI=1S/C21H18O5/c22-13-3-1-12(2-4-13)18-11-21(17-8-6-14(23)9-19(17)25)26-20-10-15(24)5-7-16(18)20/h1-10,18,21-25H,11H2. The van der Waals surface area contributed by atoms with Gasteiger partial charge in [0.2, 0.25) is 0 Å². The number of fused-ring (bicyclic) bond motifs is 1. The average molecular weight is 350 g/mol. The second kappa shape index (κ2) is 6.19. The van der Waals surface area contributed by atoms with Gasteiger partial charge in [-0.25, -0.2) is 0 Å². The Kier molecular flexibility index (Phi) is 3.84. The van der Waals surface area contributed by atoms with Crippen molar-refractivity contribution >= 4 is 0 Å². The number of aromatic hydroxyl groups is 4. The molecule has 5 nitrogen and oxygen atoms in total. The molecule has 0 saturated heterocycles. The van der Waals surface area contributed by atoms with Gasteiger partial charge in [-0.15, -0.1) is 0 Å². The Balaban J connectivity index is 1.79. The fourth-order valence-corrected chi connectivity index (χ4v) is 3.47. The van der Waals surface area contributed by atoms with Crippen LogP contribution in [0.4, 0.5) is 0 Å². The van der Waals surface area contributed by atoms with Crippen molar-refractivity contribution in [3.63, 3.8) is 0 Å². The van der Waals surface area contributed by atoms with Gasteiger partial charge in [-0.2, -0.15) is 0 Å². The first kappa shape index (κ1) is 16.1.